The summed E-state index contributed by atoms with van der Waals surface area (Å²) < 4.78 is 27.6. The molecule has 0 radical (unpaired) electrons. The molecule has 2 aromatic carbocycles. The SMILES string of the molecule is CCCCCc1ccc(NS(=O)(=O)c2ccc3[nH]c(=O)[nH]c3c2)cc1. The summed E-state index contributed by atoms with van der Waals surface area (Å²) >= 11 is 0. The summed E-state index contributed by atoms with van der Waals surface area (Å²) in [4.78, 5) is 16.5. The van der Waals surface area contributed by atoms with Gasteiger partial charge < -0.3 is 9.97 Å². The molecular formula is C18H21N3O3S. The van der Waals surface area contributed by atoms with E-state index >= 15 is 0 Å². The van der Waals surface area contributed by atoms with E-state index in [1.54, 1.807) is 18.2 Å². The Morgan fingerprint density at radius 1 is 0.960 bits per heavy atom. The molecule has 1 heterocycles. The number of aromatic amines is 2. The zero-order valence-electron chi connectivity index (χ0n) is 14.0. The molecule has 0 fully saturated rings. The van der Waals surface area contributed by atoms with Crippen molar-refractivity contribution in [2.45, 2.75) is 37.5 Å². The fourth-order valence-electron chi connectivity index (χ4n) is 2.71. The smallest absolute Gasteiger partial charge is 0.306 e. The summed E-state index contributed by atoms with van der Waals surface area (Å²) in [6.07, 6.45) is 4.50. The first-order valence-electron chi connectivity index (χ1n) is 8.32. The van der Waals surface area contributed by atoms with Crippen molar-refractivity contribution in [1.82, 2.24) is 9.97 Å². The zero-order valence-corrected chi connectivity index (χ0v) is 14.8. The van der Waals surface area contributed by atoms with E-state index in [0.29, 0.717) is 16.7 Å². The van der Waals surface area contributed by atoms with E-state index in [2.05, 4.69) is 21.6 Å². The van der Waals surface area contributed by atoms with Gasteiger partial charge in [-0.3, -0.25) is 4.72 Å². The van der Waals surface area contributed by atoms with Gasteiger partial charge in [-0.05, 0) is 48.7 Å². The highest BCUT2D eigenvalue weighted by atomic mass is 32.2. The van der Waals surface area contributed by atoms with Crippen molar-refractivity contribution < 1.29 is 8.42 Å². The molecule has 3 N–H and O–H groups in total. The number of aryl methyl sites for hydroxylation is 1. The van der Waals surface area contributed by atoms with Gasteiger partial charge in [0.15, 0.2) is 0 Å². The molecule has 0 atom stereocenters. The molecule has 3 aromatic rings. The predicted octanol–water partition coefficient (Wildman–Crippen LogP) is 3.39. The Hall–Kier alpha value is -2.54. The second-order valence-corrected chi connectivity index (χ2v) is 7.73. The van der Waals surface area contributed by atoms with E-state index in [0.717, 1.165) is 12.8 Å². The van der Waals surface area contributed by atoms with Crippen molar-refractivity contribution in [3.63, 3.8) is 0 Å². The van der Waals surface area contributed by atoms with Gasteiger partial charge in [-0.25, -0.2) is 13.2 Å². The lowest BCUT2D eigenvalue weighted by molar-refractivity contribution is 0.601. The molecule has 1 aromatic heterocycles. The second kappa shape index (κ2) is 7.14. The Labute approximate surface area is 146 Å². The van der Waals surface area contributed by atoms with Gasteiger partial charge >= 0.3 is 5.69 Å². The quantitative estimate of drug-likeness (QED) is 0.564. The molecule has 0 spiro atoms. The van der Waals surface area contributed by atoms with Gasteiger partial charge in [0.1, 0.15) is 0 Å². The first kappa shape index (κ1) is 17.3. The highest BCUT2D eigenvalue weighted by Crippen LogP contribution is 2.20. The van der Waals surface area contributed by atoms with E-state index < -0.39 is 10.0 Å². The van der Waals surface area contributed by atoms with Gasteiger partial charge in [0.05, 0.1) is 15.9 Å². The van der Waals surface area contributed by atoms with Crippen LogP contribution in [0.4, 0.5) is 5.69 Å². The minimum absolute atomic E-state index is 0.0993. The Balaban J connectivity index is 1.76. The van der Waals surface area contributed by atoms with E-state index in [1.807, 2.05) is 12.1 Å². The van der Waals surface area contributed by atoms with E-state index in [1.165, 1.54) is 30.5 Å². The third-order valence-electron chi connectivity index (χ3n) is 4.07. The predicted molar refractivity (Wildman–Crippen MR) is 99.4 cm³/mol. The maximum absolute atomic E-state index is 12.5. The molecule has 6 nitrogen and oxygen atoms in total. The molecule has 0 unspecified atom stereocenters. The van der Waals surface area contributed by atoms with E-state index in [4.69, 9.17) is 0 Å². The highest BCUT2D eigenvalue weighted by molar-refractivity contribution is 7.92. The minimum atomic E-state index is -3.72. The van der Waals surface area contributed by atoms with Crippen LogP contribution >= 0.6 is 0 Å². The number of unbranched alkanes of at least 4 members (excludes halogenated alkanes) is 2. The molecule has 7 heteroatoms. The summed E-state index contributed by atoms with van der Waals surface area (Å²) in [5.41, 5.74) is 2.38. The lowest BCUT2D eigenvalue weighted by Gasteiger charge is -2.09. The van der Waals surface area contributed by atoms with Crippen molar-refractivity contribution in [3.05, 3.63) is 58.5 Å². The van der Waals surface area contributed by atoms with Gasteiger partial charge in [-0.2, -0.15) is 0 Å². The first-order chi connectivity index (χ1) is 12.0. The Morgan fingerprint density at radius 2 is 1.68 bits per heavy atom. The van der Waals surface area contributed by atoms with Gasteiger partial charge in [0.2, 0.25) is 0 Å². The lowest BCUT2D eigenvalue weighted by atomic mass is 10.1. The molecular weight excluding hydrogens is 338 g/mol. The molecule has 0 aliphatic carbocycles. The average molecular weight is 359 g/mol. The number of benzene rings is 2. The van der Waals surface area contributed by atoms with Crippen molar-refractivity contribution in [1.29, 1.82) is 0 Å². The molecule has 25 heavy (non-hydrogen) atoms. The fourth-order valence-corrected chi connectivity index (χ4v) is 3.80. The molecule has 3 rings (SSSR count). The van der Waals surface area contributed by atoms with E-state index in [-0.39, 0.29) is 10.6 Å². The van der Waals surface area contributed by atoms with Crippen LogP contribution in [0.3, 0.4) is 0 Å². The largest absolute Gasteiger partial charge is 0.323 e. The summed E-state index contributed by atoms with van der Waals surface area (Å²) in [5.74, 6) is 0. The van der Waals surface area contributed by atoms with Crippen LogP contribution in [-0.4, -0.2) is 18.4 Å². The molecule has 0 aliphatic rings. The Kier molecular flexibility index (Phi) is 4.94. The maximum atomic E-state index is 12.5. The summed E-state index contributed by atoms with van der Waals surface area (Å²) in [6, 6.07) is 11.9. The van der Waals surface area contributed by atoms with Crippen LogP contribution in [0.5, 0.6) is 0 Å². The van der Waals surface area contributed by atoms with Crippen LogP contribution in [-0.2, 0) is 16.4 Å². The molecule has 0 aliphatic heterocycles. The van der Waals surface area contributed by atoms with Crippen molar-refractivity contribution in [3.8, 4) is 0 Å². The summed E-state index contributed by atoms with van der Waals surface area (Å²) in [6.45, 7) is 2.17. The average Bonchev–Trinajstić information content (AvgIpc) is 2.95. The summed E-state index contributed by atoms with van der Waals surface area (Å²) in [5, 5.41) is 0. The molecule has 0 saturated heterocycles. The van der Waals surface area contributed by atoms with E-state index in [9.17, 15) is 13.2 Å². The van der Waals surface area contributed by atoms with Crippen LogP contribution in [0, 0.1) is 0 Å². The number of fused-ring (bicyclic) bond motifs is 1. The number of anilines is 1. The van der Waals surface area contributed by atoms with Crippen molar-refractivity contribution in [2.24, 2.45) is 0 Å². The second-order valence-electron chi connectivity index (χ2n) is 6.05. The number of sulfonamides is 1. The Morgan fingerprint density at radius 3 is 2.40 bits per heavy atom. The van der Waals surface area contributed by atoms with Gasteiger partial charge in [-0.15, -0.1) is 0 Å². The number of nitrogens with one attached hydrogen (secondary N) is 3. The lowest BCUT2D eigenvalue weighted by Crippen LogP contribution is -2.12. The third kappa shape index (κ3) is 4.11. The molecule has 0 bridgehead atoms. The zero-order chi connectivity index (χ0) is 17.9. The van der Waals surface area contributed by atoms with Crippen LogP contribution in [0.2, 0.25) is 0 Å². The Bertz CT molecular complexity index is 1020. The number of aromatic nitrogens is 2. The number of rotatable bonds is 7. The number of hydrogen-bond donors (Lipinski definition) is 3. The monoisotopic (exact) mass is 359 g/mol. The van der Waals surface area contributed by atoms with Crippen LogP contribution < -0.4 is 10.4 Å². The third-order valence-corrected chi connectivity index (χ3v) is 5.45. The van der Waals surface area contributed by atoms with Crippen LogP contribution in [0.1, 0.15) is 31.7 Å². The van der Waals surface area contributed by atoms with Gasteiger partial charge in [-0.1, -0.05) is 31.9 Å². The topological polar surface area (TPSA) is 94.8 Å². The van der Waals surface area contributed by atoms with Gasteiger partial charge in [0, 0.05) is 5.69 Å². The first-order valence-corrected chi connectivity index (χ1v) is 9.80. The fraction of sp³-hybridized carbons (Fsp3) is 0.278. The van der Waals surface area contributed by atoms with Crippen LogP contribution in [0.25, 0.3) is 11.0 Å². The molecule has 0 saturated carbocycles. The standard InChI is InChI=1S/C18H21N3O3S/c1-2-3-4-5-13-6-8-14(9-7-13)21-25(23,24)15-10-11-16-17(12-15)20-18(22)19-16/h6-12,21H,2-5H2,1H3,(H2,19,20,22). The highest BCUT2D eigenvalue weighted by Gasteiger charge is 2.15. The number of H-pyrrole nitrogens is 2. The van der Waals surface area contributed by atoms with Crippen molar-refractivity contribution in [2.75, 3.05) is 4.72 Å². The minimum Gasteiger partial charge on any atom is -0.306 e. The molecule has 132 valence electrons. The van der Waals surface area contributed by atoms with Gasteiger partial charge in [0.25, 0.3) is 10.0 Å². The number of hydrogen-bond acceptors (Lipinski definition) is 3. The summed E-state index contributed by atoms with van der Waals surface area (Å²) in [7, 11) is -3.72. The maximum Gasteiger partial charge on any atom is 0.323 e. The van der Waals surface area contributed by atoms with Crippen molar-refractivity contribution >= 4 is 26.7 Å². The normalized spacial score (nSPS) is 11.7. The van der Waals surface area contributed by atoms with Crippen LogP contribution in [0.15, 0.2) is 52.2 Å². The number of imidazole rings is 1. The molecule has 0 amide bonds.